The number of aliphatic hydroxyl groups is 1. The zero-order valence-corrected chi connectivity index (χ0v) is 9.30. The van der Waals surface area contributed by atoms with Crippen molar-refractivity contribution in [3.63, 3.8) is 0 Å². The van der Waals surface area contributed by atoms with Crippen LogP contribution >= 0.6 is 0 Å². The Kier molecular flexibility index (Phi) is 3.77. The van der Waals surface area contributed by atoms with Crippen molar-refractivity contribution in [2.24, 2.45) is 5.73 Å². The first-order valence-electron chi connectivity index (χ1n) is 5.59. The van der Waals surface area contributed by atoms with E-state index in [0.717, 1.165) is 24.4 Å². The van der Waals surface area contributed by atoms with Crippen LogP contribution in [0.3, 0.4) is 0 Å². The van der Waals surface area contributed by atoms with Gasteiger partial charge in [-0.15, -0.1) is 0 Å². The Morgan fingerprint density at radius 2 is 2.12 bits per heavy atom. The van der Waals surface area contributed by atoms with Crippen LogP contribution in [0, 0.1) is 0 Å². The lowest BCUT2D eigenvalue weighted by atomic mass is 10.1. The van der Waals surface area contributed by atoms with Gasteiger partial charge in [0.1, 0.15) is 0 Å². The normalized spacial score (nSPS) is 21.1. The maximum absolute atomic E-state index is 9.28. The van der Waals surface area contributed by atoms with E-state index in [1.54, 1.807) is 0 Å². The van der Waals surface area contributed by atoms with Crippen LogP contribution < -0.4 is 10.6 Å². The van der Waals surface area contributed by atoms with Gasteiger partial charge in [-0.25, -0.2) is 0 Å². The van der Waals surface area contributed by atoms with Crippen LogP contribution in [0.2, 0.25) is 0 Å². The Hall–Kier alpha value is -1.10. The van der Waals surface area contributed by atoms with Crippen LogP contribution in [0.15, 0.2) is 24.3 Å². The molecule has 0 aliphatic carbocycles. The number of benzene rings is 1. The molecule has 4 nitrogen and oxygen atoms in total. The summed E-state index contributed by atoms with van der Waals surface area (Å²) in [7, 11) is 0. The molecule has 0 spiro atoms. The number of hydrogen-bond donors (Lipinski definition) is 2. The van der Waals surface area contributed by atoms with Crippen molar-refractivity contribution in [3.05, 3.63) is 29.8 Å². The van der Waals surface area contributed by atoms with Gasteiger partial charge in [-0.2, -0.15) is 0 Å². The molecule has 1 heterocycles. The molecule has 1 aromatic rings. The maximum atomic E-state index is 9.28. The van der Waals surface area contributed by atoms with Crippen molar-refractivity contribution in [3.8, 4) is 0 Å². The minimum absolute atomic E-state index is 0.0671. The average Bonchev–Trinajstić information content (AvgIpc) is 2.39. The summed E-state index contributed by atoms with van der Waals surface area (Å²) in [6.07, 6.45) is 0. The summed E-state index contributed by atoms with van der Waals surface area (Å²) in [4.78, 5) is 2.18. The SMILES string of the molecule is NCc1ccc(N2CCOCC2CO)cc1. The van der Waals surface area contributed by atoms with E-state index in [9.17, 15) is 5.11 Å². The first kappa shape index (κ1) is 11.4. The highest BCUT2D eigenvalue weighted by Crippen LogP contribution is 2.20. The molecule has 2 rings (SSSR count). The highest BCUT2D eigenvalue weighted by atomic mass is 16.5. The number of anilines is 1. The third kappa shape index (κ3) is 2.35. The summed E-state index contributed by atoms with van der Waals surface area (Å²) < 4.78 is 5.35. The third-order valence-corrected chi connectivity index (χ3v) is 2.94. The molecule has 0 amide bonds. The van der Waals surface area contributed by atoms with Crippen LogP contribution in [0.1, 0.15) is 5.56 Å². The lowest BCUT2D eigenvalue weighted by Crippen LogP contribution is -2.47. The van der Waals surface area contributed by atoms with E-state index in [0.29, 0.717) is 13.2 Å². The first-order valence-corrected chi connectivity index (χ1v) is 5.59. The zero-order valence-electron chi connectivity index (χ0n) is 9.30. The highest BCUT2D eigenvalue weighted by molar-refractivity contribution is 5.49. The molecule has 0 saturated carbocycles. The minimum atomic E-state index is 0.0671. The second-order valence-corrected chi connectivity index (χ2v) is 3.98. The van der Waals surface area contributed by atoms with Gasteiger partial charge in [0, 0.05) is 18.8 Å². The van der Waals surface area contributed by atoms with E-state index in [1.807, 2.05) is 12.1 Å². The van der Waals surface area contributed by atoms with Crippen molar-refractivity contribution in [2.75, 3.05) is 31.3 Å². The molecule has 1 aliphatic rings. The molecule has 4 heteroatoms. The molecule has 1 saturated heterocycles. The summed E-state index contributed by atoms with van der Waals surface area (Å²) in [5.41, 5.74) is 7.81. The van der Waals surface area contributed by atoms with Gasteiger partial charge in [0.05, 0.1) is 25.9 Å². The standard InChI is InChI=1S/C12H18N2O2/c13-7-10-1-3-11(4-2-10)14-5-6-16-9-12(14)8-15/h1-4,12,15H,5-9,13H2. The number of ether oxygens (including phenoxy) is 1. The summed E-state index contributed by atoms with van der Waals surface area (Å²) >= 11 is 0. The van der Waals surface area contributed by atoms with Gasteiger partial charge in [-0.3, -0.25) is 0 Å². The largest absolute Gasteiger partial charge is 0.394 e. The molecule has 1 fully saturated rings. The number of hydrogen-bond acceptors (Lipinski definition) is 4. The maximum Gasteiger partial charge on any atom is 0.0755 e. The van der Waals surface area contributed by atoms with E-state index in [2.05, 4.69) is 17.0 Å². The summed E-state index contributed by atoms with van der Waals surface area (Å²) in [6, 6.07) is 8.22. The second kappa shape index (κ2) is 5.30. The quantitative estimate of drug-likeness (QED) is 0.774. The van der Waals surface area contributed by atoms with Gasteiger partial charge in [0.15, 0.2) is 0 Å². The number of nitrogens with zero attached hydrogens (tertiary/aromatic N) is 1. The fourth-order valence-electron chi connectivity index (χ4n) is 1.97. The van der Waals surface area contributed by atoms with Crippen LogP contribution in [0.5, 0.6) is 0 Å². The second-order valence-electron chi connectivity index (χ2n) is 3.98. The minimum Gasteiger partial charge on any atom is -0.394 e. The number of aliphatic hydroxyl groups excluding tert-OH is 1. The topological polar surface area (TPSA) is 58.7 Å². The Morgan fingerprint density at radius 1 is 1.38 bits per heavy atom. The van der Waals surface area contributed by atoms with E-state index in [-0.39, 0.29) is 12.6 Å². The Bertz CT molecular complexity index is 326. The number of morpholine rings is 1. The van der Waals surface area contributed by atoms with Crippen LogP contribution in [-0.4, -0.2) is 37.5 Å². The zero-order chi connectivity index (χ0) is 11.4. The molecule has 1 unspecified atom stereocenters. The summed E-state index contributed by atoms with van der Waals surface area (Å²) in [6.45, 7) is 2.82. The molecule has 16 heavy (non-hydrogen) atoms. The molecular weight excluding hydrogens is 204 g/mol. The Balaban J connectivity index is 2.14. The van der Waals surface area contributed by atoms with Crippen molar-refractivity contribution in [1.82, 2.24) is 0 Å². The molecule has 88 valence electrons. The molecular formula is C12H18N2O2. The van der Waals surface area contributed by atoms with Crippen molar-refractivity contribution < 1.29 is 9.84 Å². The molecule has 0 bridgehead atoms. The van der Waals surface area contributed by atoms with E-state index in [4.69, 9.17) is 10.5 Å². The van der Waals surface area contributed by atoms with E-state index < -0.39 is 0 Å². The number of nitrogens with two attached hydrogens (primary N) is 1. The average molecular weight is 222 g/mol. The van der Waals surface area contributed by atoms with Gasteiger partial charge in [-0.05, 0) is 17.7 Å². The predicted molar refractivity (Wildman–Crippen MR) is 63.4 cm³/mol. The van der Waals surface area contributed by atoms with Crippen LogP contribution in [-0.2, 0) is 11.3 Å². The van der Waals surface area contributed by atoms with E-state index in [1.165, 1.54) is 0 Å². The molecule has 0 radical (unpaired) electrons. The third-order valence-electron chi connectivity index (χ3n) is 2.94. The first-order chi connectivity index (χ1) is 7.85. The molecule has 1 aliphatic heterocycles. The lowest BCUT2D eigenvalue weighted by Gasteiger charge is -2.36. The van der Waals surface area contributed by atoms with Crippen LogP contribution in [0.25, 0.3) is 0 Å². The van der Waals surface area contributed by atoms with Crippen molar-refractivity contribution >= 4 is 5.69 Å². The monoisotopic (exact) mass is 222 g/mol. The van der Waals surface area contributed by atoms with E-state index >= 15 is 0 Å². The fraction of sp³-hybridized carbons (Fsp3) is 0.500. The van der Waals surface area contributed by atoms with Gasteiger partial charge in [-0.1, -0.05) is 12.1 Å². The van der Waals surface area contributed by atoms with Crippen molar-refractivity contribution in [2.45, 2.75) is 12.6 Å². The van der Waals surface area contributed by atoms with Crippen molar-refractivity contribution in [1.29, 1.82) is 0 Å². The highest BCUT2D eigenvalue weighted by Gasteiger charge is 2.22. The number of rotatable bonds is 3. The van der Waals surface area contributed by atoms with Gasteiger partial charge >= 0.3 is 0 Å². The Labute approximate surface area is 95.6 Å². The van der Waals surface area contributed by atoms with Gasteiger partial charge < -0.3 is 20.5 Å². The summed E-state index contributed by atoms with van der Waals surface area (Å²) in [5.74, 6) is 0. The predicted octanol–water partition coefficient (Wildman–Crippen LogP) is 0.343. The summed E-state index contributed by atoms with van der Waals surface area (Å²) in [5, 5.41) is 9.28. The smallest absolute Gasteiger partial charge is 0.0755 e. The molecule has 3 N–H and O–H groups in total. The fourth-order valence-corrected chi connectivity index (χ4v) is 1.97. The van der Waals surface area contributed by atoms with Gasteiger partial charge in [0.2, 0.25) is 0 Å². The molecule has 1 aromatic carbocycles. The van der Waals surface area contributed by atoms with Gasteiger partial charge in [0.25, 0.3) is 0 Å². The lowest BCUT2D eigenvalue weighted by molar-refractivity contribution is 0.0727. The molecule has 0 aromatic heterocycles. The van der Waals surface area contributed by atoms with Crippen LogP contribution in [0.4, 0.5) is 5.69 Å². The Morgan fingerprint density at radius 3 is 2.75 bits per heavy atom. The molecule has 1 atom stereocenters.